The van der Waals surface area contributed by atoms with Crippen molar-refractivity contribution in [2.24, 2.45) is 0 Å². The Kier molecular flexibility index (Phi) is 2.85. The molecule has 18 heavy (non-hydrogen) atoms. The minimum atomic E-state index is -0.550. The first-order valence-electron chi connectivity index (χ1n) is 5.80. The molecule has 0 saturated carbocycles. The Morgan fingerprint density at radius 3 is 3.00 bits per heavy atom. The summed E-state index contributed by atoms with van der Waals surface area (Å²) in [4.78, 5) is 4.24. The van der Waals surface area contributed by atoms with E-state index in [4.69, 9.17) is 4.74 Å². The van der Waals surface area contributed by atoms with Gasteiger partial charge in [0.25, 0.3) is 0 Å². The fourth-order valence-electron chi connectivity index (χ4n) is 2.23. The first kappa shape index (κ1) is 11.4. The zero-order valence-electron chi connectivity index (χ0n) is 9.66. The molecule has 1 aliphatic rings. The smallest absolute Gasteiger partial charge is 0.140 e. The van der Waals surface area contributed by atoms with Crippen LogP contribution in [0.15, 0.2) is 36.7 Å². The summed E-state index contributed by atoms with van der Waals surface area (Å²) >= 11 is 0. The second kappa shape index (κ2) is 4.51. The summed E-state index contributed by atoms with van der Waals surface area (Å²) < 4.78 is 20.3. The van der Waals surface area contributed by atoms with E-state index in [1.165, 1.54) is 12.1 Å². The van der Waals surface area contributed by atoms with Crippen LogP contribution in [0.2, 0.25) is 0 Å². The summed E-state index contributed by atoms with van der Waals surface area (Å²) in [5, 5.41) is 9.84. The number of hydrogen-bond donors (Lipinski definition) is 1. The summed E-state index contributed by atoms with van der Waals surface area (Å²) in [7, 11) is 0. The van der Waals surface area contributed by atoms with E-state index in [-0.39, 0.29) is 11.9 Å². The molecule has 0 bridgehead atoms. The third-order valence-corrected chi connectivity index (χ3v) is 3.13. The van der Waals surface area contributed by atoms with E-state index in [0.29, 0.717) is 24.6 Å². The average molecular weight is 248 g/mol. The predicted octanol–water partition coefficient (Wildman–Crippen LogP) is 1.62. The van der Waals surface area contributed by atoms with E-state index >= 15 is 0 Å². The third kappa shape index (κ3) is 1.91. The molecular formula is C13H13FN2O2. The fourth-order valence-corrected chi connectivity index (χ4v) is 2.23. The Balaban J connectivity index is 2.01. The van der Waals surface area contributed by atoms with Crippen molar-refractivity contribution in [2.45, 2.75) is 12.1 Å². The maximum Gasteiger partial charge on any atom is 0.140 e. The van der Waals surface area contributed by atoms with Gasteiger partial charge in [0.1, 0.15) is 17.7 Å². The van der Waals surface area contributed by atoms with Crippen molar-refractivity contribution in [3.05, 3.63) is 42.5 Å². The molecule has 1 aromatic carbocycles. The van der Waals surface area contributed by atoms with Crippen molar-refractivity contribution in [3.63, 3.8) is 0 Å². The molecule has 4 nitrogen and oxygen atoms in total. The Morgan fingerprint density at radius 2 is 2.28 bits per heavy atom. The average Bonchev–Trinajstić information content (AvgIpc) is 2.96. The number of imidazole rings is 1. The minimum Gasteiger partial charge on any atom is -0.388 e. The van der Waals surface area contributed by atoms with Gasteiger partial charge in [-0.15, -0.1) is 0 Å². The van der Waals surface area contributed by atoms with Gasteiger partial charge in [0.05, 0.1) is 19.3 Å². The van der Waals surface area contributed by atoms with Crippen LogP contribution >= 0.6 is 0 Å². The van der Waals surface area contributed by atoms with Crippen LogP contribution in [0, 0.1) is 5.82 Å². The maximum atomic E-state index is 13.2. The van der Waals surface area contributed by atoms with Crippen LogP contribution in [0.5, 0.6) is 0 Å². The molecule has 1 N–H and O–H groups in total. The van der Waals surface area contributed by atoms with Gasteiger partial charge in [-0.3, -0.25) is 0 Å². The molecule has 2 aromatic rings. The van der Waals surface area contributed by atoms with Gasteiger partial charge in [0.2, 0.25) is 0 Å². The molecule has 1 saturated heterocycles. The summed E-state index contributed by atoms with van der Waals surface area (Å²) in [6.45, 7) is 0.769. The highest BCUT2D eigenvalue weighted by atomic mass is 19.1. The van der Waals surface area contributed by atoms with Gasteiger partial charge in [0, 0.05) is 18.0 Å². The SMILES string of the molecule is O[C@@H]1COC[C@@H]1n1ccnc1-c1cccc(F)c1. The van der Waals surface area contributed by atoms with Crippen molar-refractivity contribution in [1.29, 1.82) is 0 Å². The molecule has 2 heterocycles. The molecule has 2 atom stereocenters. The minimum absolute atomic E-state index is 0.161. The van der Waals surface area contributed by atoms with Gasteiger partial charge in [-0.05, 0) is 12.1 Å². The van der Waals surface area contributed by atoms with E-state index in [0.717, 1.165) is 0 Å². The largest absolute Gasteiger partial charge is 0.388 e. The monoisotopic (exact) mass is 248 g/mol. The third-order valence-electron chi connectivity index (χ3n) is 3.13. The number of aromatic nitrogens is 2. The fraction of sp³-hybridized carbons (Fsp3) is 0.308. The van der Waals surface area contributed by atoms with Crippen molar-refractivity contribution < 1.29 is 14.2 Å². The Labute approximate surface area is 104 Å². The normalized spacial score (nSPS) is 23.4. The van der Waals surface area contributed by atoms with Crippen LogP contribution in [0.1, 0.15) is 6.04 Å². The summed E-state index contributed by atoms with van der Waals surface area (Å²) in [5.74, 6) is 0.342. The van der Waals surface area contributed by atoms with E-state index in [1.54, 1.807) is 24.5 Å². The number of hydrogen-bond acceptors (Lipinski definition) is 3. The van der Waals surface area contributed by atoms with Gasteiger partial charge in [-0.1, -0.05) is 12.1 Å². The number of halogens is 1. The van der Waals surface area contributed by atoms with Crippen LogP contribution in [-0.2, 0) is 4.74 Å². The first-order chi connectivity index (χ1) is 8.75. The van der Waals surface area contributed by atoms with E-state index in [2.05, 4.69) is 4.98 Å². The molecule has 1 aromatic heterocycles. The Hall–Kier alpha value is -1.72. The second-order valence-corrected chi connectivity index (χ2v) is 4.34. The summed E-state index contributed by atoms with van der Waals surface area (Å²) in [6.07, 6.45) is 2.88. The van der Waals surface area contributed by atoms with Crippen molar-refractivity contribution >= 4 is 0 Å². The van der Waals surface area contributed by atoms with E-state index < -0.39 is 6.10 Å². The number of benzene rings is 1. The van der Waals surface area contributed by atoms with Crippen molar-refractivity contribution in [3.8, 4) is 11.4 Å². The first-order valence-corrected chi connectivity index (χ1v) is 5.80. The number of ether oxygens (including phenoxy) is 1. The standard InChI is InChI=1S/C13H13FN2O2/c14-10-3-1-2-9(6-10)13-15-4-5-16(13)11-7-18-8-12(11)17/h1-6,11-12,17H,7-8H2/t11-,12+/m0/s1. The number of rotatable bonds is 2. The molecule has 1 aliphatic heterocycles. The van der Waals surface area contributed by atoms with E-state index in [9.17, 15) is 9.50 Å². The highest BCUT2D eigenvalue weighted by molar-refractivity contribution is 5.55. The lowest BCUT2D eigenvalue weighted by molar-refractivity contribution is 0.119. The number of nitrogens with zero attached hydrogens (tertiary/aromatic N) is 2. The predicted molar refractivity (Wildman–Crippen MR) is 63.5 cm³/mol. The maximum absolute atomic E-state index is 13.2. The molecule has 0 aliphatic carbocycles. The van der Waals surface area contributed by atoms with Crippen molar-refractivity contribution in [2.75, 3.05) is 13.2 Å². The quantitative estimate of drug-likeness (QED) is 0.878. The molecular weight excluding hydrogens is 235 g/mol. The molecule has 94 valence electrons. The molecule has 5 heteroatoms. The Morgan fingerprint density at radius 1 is 1.39 bits per heavy atom. The van der Waals surface area contributed by atoms with Crippen LogP contribution in [0.25, 0.3) is 11.4 Å². The van der Waals surface area contributed by atoms with Crippen molar-refractivity contribution in [1.82, 2.24) is 9.55 Å². The van der Waals surface area contributed by atoms with Gasteiger partial charge in [-0.2, -0.15) is 0 Å². The lowest BCUT2D eigenvalue weighted by Gasteiger charge is -2.17. The number of aliphatic hydroxyl groups is 1. The lowest BCUT2D eigenvalue weighted by Crippen LogP contribution is -2.22. The van der Waals surface area contributed by atoms with Crippen LogP contribution in [0.3, 0.4) is 0 Å². The molecule has 0 radical (unpaired) electrons. The Bertz CT molecular complexity index is 555. The molecule has 0 spiro atoms. The summed E-state index contributed by atoms with van der Waals surface area (Å²) in [6, 6.07) is 6.10. The van der Waals surface area contributed by atoms with Gasteiger partial charge >= 0.3 is 0 Å². The van der Waals surface area contributed by atoms with Gasteiger partial charge < -0.3 is 14.4 Å². The topological polar surface area (TPSA) is 47.3 Å². The van der Waals surface area contributed by atoms with Gasteiger partial charge in [0.15, 0.2) is 0 Å². The lowest BCUT2D eigenvalue weighted by atomic mass is 10.1. The zero-order valence-corrected chi connectivity index (χ0v) is 9.66. The molecule has 0 unspecified atom stereocenters. The van der Waals surface area contributed by atoms with Crippen LogP contribution in [0.4, 0.5) is 4.39 Å². The highest BCUT2D eigenvalue weighted by Crippen LogP contribution is 2.26. The number of aliphatic hydroxyl groups excluding tert-OH is 1. The molecule has 0 amide bonds. The zero-order chi connectivity index (χ0) is 12.5. The summed E-state index contributed by atoms with van der Waals surface area (Å²) in [5.41, 5.74) is 0.694. The van der Waals surface area contributed by atoms with Crippen LogP contribution < -0.4 is 0 Å². The molecule has 3 rings (SSSR count). The van der Waals surface area contributed by atoms with Crippen LogP contribution in [-0.4, -0.2) is 34.0 Å². The highest BCUT2D eigenvalue weighted by Gasteiger charge is 2.29. The van der Waals surface area contributed by atoms with Gasteiger partial charge in [-0.25, -0.2) is 9.37 Å². The molecule has 1 fully saturated rings. The second-order valence-electron chi connectivity index (χ2n) is 4.34. The van der Waals surface area contributed by atoms with E-state index in [1.807, 2.05) is 4.57 Å².